The van der Waals surface area contributed by atoms with E-state index in [2.05, 4.69) is 4.98 Å². The van der Waals surface area contributed by atoms with Gasteiger partial charge in [0.15, 0.2) is 0 Å². The number of hydrogen-bond acceptors (Lipinski definition) is 3. The molecule has 24 heavy (non-hydrogen) atoms. The number of nitrogens with zero attached hydrogens (tertiary/aromatic N) is 1. The summed E-state index contributed by atoms with van der Waals surface area (Å²) >= 11 is 0. The molecule has 5 heteroatoms. The molecule has 0 atom stereocenters. The minimum Gasteiger partial charge on any atom is -0.325 e. The van der Waals surface area contributed by atoms with Crippen molar-refractivity contribution in [2.24, 2.45) is 0 Å². The summed E-state index contributed by atoms with van der Waals surface area (Å²) in [5, 5.41) is 0. The number of aromatic nitrogens is 1. The highest BCUT2D eigenvalue weighted by molar-refractivity contribution is 6.22. The molecule has 0 unspecified atom stereocenters. The molecule has 5 nitrogen and oxygen atoms in total. The Morgan fingerprint density at radius 2 is 1.62 bits per heavy atom. The van der Waals surface area contributed by atoms with E-state index in [1.165, 1.54) is 12.3 Å². The molecule has 0 aliphatic carbocycles. The number of imide groups is 1. The van der Waals surface area contributed by atoms with Gasteiger partial charge >= 0.3 is 0 Å². The summed E-state index contributed by atoms with van der Waals surface area (Å²) in [6.07, 6.45) is 4.44. The average Bonchev–Trinajstić information content (AvgIpc) is 2.85. The van der Waals surface area contributed by atoms with Crippen molar-refractivity contribution in [1.29, 1.82) is 0 Å². The van der Waals surface area contributed by atoms with Crippen molar-refractivity contribution in [3.05, 3.63) is 74.8 Å². The molecule has 0 saturated carbocycles. The van der Waals surface area contributed by atoms with Crippen molar-refractivity contribution in [3.8, 4) is 0 Å². The van der Waals surface area contributed by atoms with Crippen LogP contribution in [-0.2, 0) is 12.8 Å². The Morgan fingerprint density at radius 1 is 1.00 bits per heavy atom. The molecule has 0 spiro atoms. The van der Waals surface area contributed by atoms with Crippen LogP contribution in [0, 0.1) is 0 Å². The molecule has 1 aromatic carbocycles. The smallest absolute Gasteiger partial charge is 0.265 e. The molecule has 2 heterocycles. The summed E-state index contributed by atoms with van der Waals surface area (Å²) in [7, 11) is 0. The normalized spacial score (nSPS) is 13.8. The molecule has 2 amide bonds. The lowest BCUT2D eigenvalue weighted by molar-refractivity contribution is 0.0722. The summed E-state index contributed by atoms with van der Waals surface area (Å²) in [5.41, 5.74) is 2.95. The highest BCUT2D eigenvalue weighted by Crippen LogP contribution is 2.23. The standard InChI is InChI=1S/C19H18N2O3/c1-3-12-11-13(17(22)20-16(12)4-2)9-10-21-18(23)14-7-5-6-8-15(14)19(21)24/h5-11H,3-4H2,1-2H3,(H,20,22)/b10-9+. The van der Waals surface area contributed by atoms with E-state index in [1.807, 2.05) is 19.9 Å². The van der Waals surface area contributed by atoms with Crippen LogP contribution in [0.2, 0.25) is 0 Å². The molecular weight excluding hydrogens is 304 g/mol. The molecule has 0 fully saturated rings. The van der Waals surface area contributed by atoms with Gasteiger partial charge in [-0.05, 0) is 42.7 Å². The van der Waals surface area contributed by atoms with Gasteiger partial charge in [-0.1, -0.05) is 26.0 Å². The number of pyridine rings is 1. The first-order chi connectivity index (χ1) is 11.6. The Balaban J connectivity index is 1.94. The minimum atomic E-state index is -0.371. The maximum atomic E-state index is 12.3. The summed E-state index contributed by atoms with van der Waals surface area (Å²) in [4.78, 5) is 40.7. The lowest BCUT2D eigenvalue weighted by Crippen LogP contribution is -2.23. The fourth-order valence-electron chi connectivity index (χ4n) is 2.88. The van der Waals surface area contributed by atoms with Gasteiger partial charge in [0, 0.05) is 17.5 Å². The summed E-state index contributed by atoms with van der Waals surface area (Å²) in [6, 6.07) is 8.51. The molecule has 1 aromatic heterocycles. The van der Waals surface area contributed by atoms with Crippen LogP contribution in [-0.4, -0.2) is 21.7 Å². The van der Waals surface area contributed by atoms with Gasteiger partial charge in [0.05, 0.1) is 11.1 Å². The molecule has 122 valence electrons. The molecule has 1 aliphatic rings. The van der Waals surface area contributed by atoms with Crippen LogP contribution in [0.15, 0.2) is 41.3 Å². The zero-order valence-corrected chi connectivity index (χ0v) is 13.6. The molecule has 0 saturated heterocycles. The van der Waals surface area contributed by atoms with Gasteiger partial charge in [0.25, 0.3) is 17.4 Å². The number of fused-ring (bicyclic) bond motifs is 1. The third kappa shape index (κ3) is 2.58. The number of benzene rings is 1. The number of nitrogens with one attached hydrogen (secondary N) is 1. The fourth-order valence-corrected chi connectivity index (χ4v) is 2.88. The van der Waals surface area contributed by atoms with Gasteiger partial charge < -0.3 is 4.98 Å². The van der Waals surface area contributed by atoms with Crippen LogP contribution in [0.25, 0.3) is 6.08 Å². The maximum Gasteiger partial charge on any atom is 0.265 e. The van der Waals surface area contributed by atoms with Crippen molar-refractivity contribution < 1.29 is 9.59 Å². The summed E-state index contributed by atoms with van der Waals surface area (Å²) in [5.74, 6) is -0.742. The second kappa shape index (κ2) is 6.28. The van der Waals surface area contributed by atoms with Crippen molar-refractivity contribution in [1.82, 2.24) is 9.88 Å². The topological polar surface area (TPSA) is 70.2 Å². The second-order valence-electron chi connectivity index (χ2n) is 5.61. The van der Waals surface area contributed by atoms with E-state index in [-0.39, 0.29) is 17.4 Å². The van der Waals surface area contributed by atoms with E-state index in [0.717, 1.165) is 29.0 Å². The number of aromatic amines is 1. The van der Waals surface area contributed by atoms with Crippen LogP contribution >= 0.6 is 0 Å². The Labute approximate surface area is 139 Å². The average molecular weight is 322 g/mol. The largest absolute Gasteiger partial charge is 0.325 e. The van der Waals surface area contributed by atoms with Gasteiger partial charge in [0.1, 0.15) is 0 Å². The molecule has 1 N–H and O–H groups in total. The van der Waals surface area contributed by atoms with Crippen LogP contribution in [0.1, 0.15) is 51.4 Å². The zero-order valence-electron chi connectivity index (χ0n) is 13.6. The van der Waals surface area contributed by atoms with E-state index in [4.69, 9.17) is 0 Å². The number of aryl methyl sites for hydroxylation is 2. The number of amides is 2. The predicted molar refractivity (Wildman–Crippen MR) is 91.8 cm³/mol. The highest BCUT2D eigenvalue weighted by atomic mass is 16.2. The van der Waals surface area contributed by atoms with E-state index >= 15 is 0 Å². The highest BCUT2D eigenvalue weighted by Gasteiger charge is 2.33. The van der Waals surface area contributed by atoms with E-state index in [0.29, 0.717) is 16.7 Å². The lowest BCUT2D eigenvalue weighted by atomic mass is 10.1. The summed E-state index contributed by atoms with van der Waals surface area (Å²) in [6.45, 7) is 4.00. The SMILES string of the molecule is CCc1cc(/C=C/N2C(=O)c3ccccc3C2=O)c(=O)[nH]c1CC. The van der Waals surface area contributed by atoms with Crippen molar-refractivity contribution in [3.63, 3.8) is 0 Å². The van der Waals surface area contributed by atoms with E-state index < -0.39 is 0 Å². The molecule has 0 bridgehead atoms. The molecule has 0 radical (unpaired) electrons. The van der Waals surface area contributed by atoms with Gasteiger partial charge in [-0.25, -0.2) is 4.90 Å². The Bertz CT molecular complexity index is 874. The fraction of sp³-hybridized carbons (Fsp3) is 0.211. The first kappa shape index (κ1) is 15.9. The Hall–Kier alpha value is -2.95. The van der Waals surface area contributed by atoms with Gasteiger partial charge in [-0.15, -0.1) is 0 Å². The third-order valence-electron chi connectivity index (χ3n) is 4.21. The number of H-pyrrole nitrogens is 1. The van der Waals surface area contributed by atoms with Gasteiger partial charge in [-0.2, -0.15) is 0 Å². The zero-order chi connectivity index (χ0) is 17.3. The van der Waals surface area contributed by atoms with Crippen LogP contribution in [0.4, 0.5) is 0 Å². The van der Waals surface area contributed by atoms with E-state index in [9.17, 15) is 14.4 Å². The maximum absolute atomic E-state index is 12.3. The number of rotatable bonds is 4. The van der Waals surface area contributed by atoms with Crippen LogP contribution in [0.3, 0.4) is 0 Å². The first-order valence-corrected chi connectivity index (χ1v) is 7.97. The minimum absolute atomic E-state index is 0.225. The molecule has 1 aliphatic heterocycles. The van der Waals surface area contributed by atoms with Gasteiger partial charge in [-0.3, -0.25) is 14.4 Å². The van der Waals surface area contributed by atoms with Crippen LogP contribution < -0.4 is 5.56 Å². The van der Waals surface area contributed by atoms with Crippen molar-refractivity contribution in [2.75, 3.05) is 0 Å². The second-order valence-corrected chi connectivity index (χ2v) is 5.61. The molecular formula is C19H18N2O3. The lowest BCUT2D eigenvalue weighted by Gasteiger charge is -2.08. The number of carbonyl (C=O) groups is 2. The summed E-state index contributed by atoms with van der Waals surface area (Å²) < 4.78 is 0. The first-order valence-electron chi connectivity index (χ1n) is 7.97. The van der Waals surface area contributed by atoms with Gasteiger partial charge in [0.2, 0.25) is 0 Å². The monoisotopic (exact) mass is 322 g/mol. The van der Waals surface area contributed by atoms with Crippen molar-refractivity contribution >= 4 is 17.9 Å². The van der Waals surface area contributed by atoms with Crippen molar-refractivity contribution in [2.45, 2.75) is 26.7 Å². The molecule has 2 aromatic rings. The number of carbonyl (C=O) groups excluding carboxylic acids is 2. The molecule has 3 rings (SSSR count). The predicted octanol–water partition coefficient (Wildman–Crippen LogP) is 2.77. The quantitative estimate of drug-likeness (QED) is 0.880. The van der Waals surface area contributed by atoms with E-state index in [1.54, 1.807) is 24.3 Å². The number of hydrogen-bond donors (Lipinski definition) is 1. The Kier molecular flexibility index (Phi) is 4.16. The third-order valence-corrected chi connectivity index (χ3v) is 4.21. The Morgan fingerprint density at radius 3 is 2.17 bits per heavy atom. The van der Waals surface area contributed by atoms with Crippen LogP contribution in [0.5, 0.6) is 0 Å².